The number of hydrogen-bond acceptors (Lipinski definition) is 4. The van der Waals surface area contributed by atoms with Crippen LogP contribution in [0.25, 0.3) is 0 Å². The molecule has 1 heterocycles. The van der Waals surface area contributed by atoms with Gasteiger partial charge >= 0.3 is 0 Å². The lowest BCUT2D eigenvalue weighted by Crippen LogP contribution is -2.15. The van der Waals surface area contributed by atoms with E-state index in [1.54, 1.807) is 0 Å². The van der Waals surface area contributed by atoms with Gasteiger partial charge < -0.3 is 4.79 Å². The van der Waals surface area contributed by atoms with Crippen molar-refractivity contribution in [3.05, 3.63) is 0 Å². The van der Waals surface area contributed by atoms with Crippen LogP contribution in [0.1, 0.15) is 6.92 Å². The first-order valence-electron chi connectivity index (χ1n) is 2.63. The van der Waals surface area contributed by atoms with Gasteiger partial charge in [-0.2, -0.15) is 4.99 Å². The van der Waals surface area contributed by atoms with Gasteiger partial charge in [0.05, 0.1) is 0 Å². The summed E-state index contributed by atoms with van der Waals surface area (Å²) in [5, 5.41) is 9.10. The molecule has 1 amide bonds. The monoisotopic (exact) mass is 144 g/mol. The van der Waals surface area contributed by atoms with E-state index in [0.29, 0.717) is 0 Å². The maximum Gasteiger partial charge on any atom is 0.269 e. The molecule has 0 saturated carbocycles. The number of carbonyl (C=O) groups excluding carboxylic acids is 2. The number of nitrogens with zero attached hydrogens (tertiary/aromatic N) is 2. The molecule has 0 bridgehead atoms. The summed E-state index contributed by atoms with van der Waals surface area (Å²) >= 11 is 0. The van der Waals surface area contributed by atoms with E-state index in [-0.39, 0.29) is 12.5 Å². The first kappa shape index (κ1) is 8.77. The summed E-state index contributed by atoms with van der Waals surface area (Å²) in [6, 6.07) is 0. The maximum absolute atomic E-state index is 10.1. The van der Waals surface area contributed by atoms with Crippen molar-refractivity contribution in [3.63, 3.8) is 0 Å². The fourth-order valence-corrected chi connectivity index (χ4v) is 0.351. The minimum Gasteiger partial charge on any atom is -0.304 e. The highest BCUT2D eigenvalue weighted by Gasteiger charge is 2.08. The standard InChI is InChI=1S/C3H4N2O2.C2H4O/c6-3-1-5(7)2-4-3;1-2-3/h2,7H,1H2;2H,1H3. The Morgan fingerprint density at radius 1 is 1.90 bits per heavy atom. The number of carbonyl (C=O) groups is 2. The number of rotatable bonds is 0. The molecule has 5 heteroatoms. The normalized spacial score (nSPS) is 14.6. The number of hydroxylamine groups is 2. The summed E-state index contributed by atoms with van der Waals surface area (Å²) in [7, 11) is 0. The van der Waals surface area contributed by atoms with E-state index in [9.17, 15) is 4.79 Å². The van der Waals surface area contributed by atoms with Crippen LogP contribution in [0.3, 0.4) is 0 Å². The Bertz CT molecular complexity index is 155. The molecular weight excluding hydrogens is 136 g/mol. The Kier molecular flexibility index (Phi) is 4.06. The Hall–Kier alpha value is -1.23. The van der Waals surface area contributed by atoms with E-state index in [4.69, 9.17) is 10.0 Å². The second-order valence-electron chi connectivity index (χ2n) is 1.47. The lowest BCUT2D eigenvalue weighted by molar-refractivity contribution is -0.121. The zero-order chi connectivity index (χ0) is 7.98. The van der Waals surface area contributed by atoms with Gasteiger partial charge in [-0.05, 0) is 6.92 Å². The number of amides is 1. The summed E-state index contributed by atoms with van der Waals surface area (Å²) < 4.78 is 0. The molecule has 0 radical (unpaired) electrons. The summed E-state index contributed by atoms with van der Waals surface area (Å²) in [5.74, 6) is -0.303. The van der Waals surface area contributed by atoms with E-state index in [1.807, 2.05) is 0 Å². The zero-order valence-corrected chi connectivity index (χ0v) is 5.52. The van der Waals surface area contributed by atoms with Crippen LogP contribution >= 0.6 is 0 Å². The van der Waals surface area contributed by atoms with Gasteiger partial charge in [0.1, 0.15) is 19.2 Å². The second kappa shape index (κ2) is 4.63. The number of aliphatic imine (C=N–C) groups is 1. The quantitative estimate of drug-likeness (QED) is 0.463. The van der Waals surface area contributed by atoms with Crippen LogP contribution in [0.4, 0.5) is 0 Å². The molecule has 0 aliphatic carbocycles. The van der Waals surface area contributed by atoms with Gasteiger partial charge in [-0.25, -0.2) is 5.06 Å². The third kappa shape index (κ3) is 3.73. The number of hydrogen-bond donors (Lipinski definition) is 1. The highest BCUT2D eigenvalue weighted by molar-refractivity contribution is 5.91. The van der Waals surface area contributed by atoms with Gasteiger partial charge in [0.25, 0.3) is 5.91 Å². The summed E-state index contributed by atoms with van der Waals surface area (Å²) in [6.45, 7) is 1.44. The Morgan fingerprint density at radius 3 is 2.50 bits per heavy atom. The lowest BCUT2D eigenvalue weighted by atomic mass is 10.7. The third-order valence-electron chi connectivity index (χ3n) is 0.632. The van der Waals surface area contributed by atoms with E-state index < -0.39 is 0 Å². The van der Waals surface area contributed by atoms with Crippen LogP contribution in [0, 0.1) is 0 Å². The van der Waals surface area contributed by atoms with Crippen LogP contribution < -0.4 is 0 Å². The van der Waals surface area contributed by atoms with Crippen molar-refractivity contribution >= 4 is 18.5 Å². The summed E-state index contributed by atoms with van der Waals surface area (Å²) in [4.78, 5) is 22.1. The first-order chi connectivity index (χ1) is 4.70. The van der Waals surface area contributed by atoms with Crippen molar-refractivity contribution in [2.45, 2.75) is 6.92 Å². The van der Waals surface area contributed by atoms with Crippen LogP contribution in [0.15, 0.2) is 4.99 Å². The lowest BCUT2D eigenvalue weighted by Gasteiger charge is -1.96. The molecule has 0 unspecified atom stereocenters. The van der Waals surface area contributed by atoms with E-state index in [2.05, 4.69) is 4.99 Å². The van der Waals surface area contributed by atoms with Crippen molar-refractivity contribution < 1.29 is 14.8 Å². The van der Waals surface area contributed by atoms with Gasteiger partial charge in [0.15, 0.2) is 0 Å². The van der Waals surface area contributed by atoms with Crippen LogP contribution in [0.5, 0.6) is 0 Å². The minimum atomic E-state index is -0.303. The van der Waals surface area contributed by atoms with Gasteiger partial charge in [-0.1, -0.05) is 0 Å². The average molecular weight is 144 g/mol. The molecule has 1 aliphatic heterocycles. The molecule has 56 valence electrons. The van der Waals surface area contributed by atoms with E-state index in [0.717, 1.165) is 17.7 Å². The second-order valence-corrected chi connectivity index (χ2v) is 1.47. The van der Waals surface area contributed by atoms with Gasteiger partial charge in [0.2, 0.25) is 0 Å². The summed E-state index contributed by atoms with van der Waals surface area (Å²) in [6.07, 6.45) is 1.84. The molecule has 0 atom stereocenters. The average Bonchev–Trinajstić information content (AvgIpc) is 2.17. The van der Waals surface area contributed by atoms with Crippen molar-refractivity contribution in [1.29, 1.82) is 0 Å². The molecule has 0 saturated heterocycles. The molecule has 0 aromatic carbocycles. The molecule has 5 nitrogen and oxygen atoms in total. The van der Waals surface area contributed by atoms with Crippen molar-refractivity contribution in [2.75, 3.05) is 6.54 Å². The Balaban J connectivity index is 0.000000236. The first-order valence-corrected chi connectivity index (χ1v) is 2.63. The fraction of sp³-hybridized carbons (Fsp3) is 0.400. The van der Waals surface area contributed by atoms with Gasteiger partial charge in [0, 0.05) is 0 Å². The van der Waals surface area contributed by atoms with Crippen molar-refractivity contribution in [1.82, 2.24) is 5.06 Å². The van der Waals surface area contributed by atoms with E-state index in [1.165, 1.54) is 6.92 Å². The predicted octanol–water partition coefficient (Wildman–Crippen LogP) is -0.549. The molecule has 10 heavy (non-hydrogen) atoms. The van der Waals surface area contributed by atoms with Crippen LogP contribution in [0.2, 0.25) is 0 Å². The van der Waals surface area contributed by atoms with Crippen molar-refractivity contribution in [3.8, 4) is 0 Å². The highest BCUT2D eigenvalue weighted by atomic mass is 16.5. The van der Waals surface area contributed by atoms with Gasteiger partial charge in [-0.15, -0.1) is 0 Å². The smallest absolute Gasteiger partial charge is 0.269 e. The topological polar surface area (TPSA) is 70.0 Å². The molecule has 1 aliphatic rings. The third-order valence-corrected chi connectivity index (χ3v) is 0.632. The molecular formula is C5H8N2O3. The Labute approximate surface area is 57.9 Å². The van der Waals surface area contributed by atoms with E-state index >= 15 is 0 Å². The van der Waals surface area contributed by atoms with Crippen LogP contribution in [-0.4, -0.2) is 35.3 Å². The van der Waals surface area contributed by atoms with Gasteiger partial charge in [-0.3, -0.25) is 10.0 Å². The molecule has 1 rings (SSSR count). The maximum atomic E-state index is 10.1. The summed E-state index contributed by atoms with van der Waals surface area (Å²) in [5.41, 5.74) is 0. The number of aldehydes is 1. The highest BCUT2D eigenvalue weighted by Crippen LogP contribution is 1.87. The largest absolute Gasteiger partial charge is 0.304 e. The molecule has 0 aromatic rings. The predicted molar refractivity (Wildman–Crippen MR) is 33.7 cm³/mol. The molecule has 0 fully saturated rings. The van der Waals surface area contributed by atoms with Crippen LogP contribution in [-0.2, 0) is 9.59 Å². The molecule has 0 spiro atoms. The molecule has 0 aromatic heterocycles. The van der Waals surface area contributed by atoms with Crippen molar-refractivity contribution in [2.24, 2.45) is 4.99 Å². The molecule has 1 N–H and O–H groups in total. The zero-order valence-electron chi connectivity index (χ0n) is 5.52. The fourth-order valence-electron chi connectivity index (χ4n) is 0.351. The SMILES string of the molecule is CC=O.O=C1CN(O)C=N1. The Morgan fingerprint density at radius 2 is 2.40 bits per heavy atom. The minimum absolute atomic E-state index is 0.000000000000000222.